The van der Waals surface area contributed by atoms with Gasteiger partial charge in [-0.2, -0.15) is 22.0 Å². The van der Waals surface area contributed by atoms with Crippen LogP contribution in [0.3, 0.4) is 0 Å². The molecule has 1 aliphatic carbocycles. The number of alkyl halides is 5. The van der Waals surface area contributed by atoms with E-state index in [1.54, 1.807) is 12.1 Å². The molecule has 1 amide bonds. The number of nitrogen functional groups attached to an aromatic ring is 1. The third-order valence-corrected chi connectivity index (χ3v) is 8.38. The number of ether oxygens (including phenoxy) is 1. The van der Waals surface area contributed by atoms with E-state index in [-0.39, 0.29) is 47.4 Å². The Morgan fingerprint density at radius 3 is 2.38 bits per heavy atom. The van der Waals surface area contributed by atoms with Crippen LogP contribution in [0.25, 0.3) is 0 Å². The van der Waals surface area contributed by atoms with Crippen LogP contribution in [-0.4, -0.2) is 46.5 Å². The standard InChI is InChI=1S/C28H32F5N5O2.C7H12O/c1-3-5-18(34)25-21(37-20-9-8-16(15-6-7-15)12-23(20)40-27(29)30)10-11-38(22(25)4-2)26(39)17-14-36-24(13-19(17)35)28(31,32)33;1-4-6(3)7(8)5-2/h8-9,12-15,22,27H,3-7,10-11,34H2,1-2H3,(H2,35,36);5-6H,2,4H2,1,3H3/b25-18+,37-21?;. The Hall–Kier alpha value is -4.29. The van der Waals surface area contributed by atoms with Gasteiger partial charge in [-0.05, 0) is 67.9 Å². The van der Waals surface area contributed by atoms with Gasteiger partial charge in [0.2, 0.25) is 0 Å². The average Bonchev–Trinajstić information content (AvgIpc) is 3.89. The Morgan fingerprint density at radius 2 is 1.88 bits per heavy atom. The van der Waals surface area contributed by atoms with Crippen molar-refractivity contribution >= 4 is 28.8 Å². The molecule has 2 unspecified atom stereocenters. The summed E-state index contributed by atoms with van der Waals surface area (Å²) in [7, 11) is 0. The fourth-order valence-electron chi connectivity index (χ4n) is 5.44. The van der Waals surface area contributed by atoms with Gasteiger partial charge in [0.05, 0.1) is 11.6 Å². The second-order valence-corrected chi connectivity index (χ2v) is 11.9. The number of halogens is 5. The highest BCUT2D eigenvalue weighted by molar-refractivity contribution is 6.07. The molecule has 8 nitrogen and oxygen atoms in total. The highest BCUT2D eigenvalue weighted by atomic mass is 19.4. The Kier molecular flexibility index (Phi) is 13.3. The third-order valence-electron chi connectivity index (χ3n) is 8.38. The number of anilines is 1. The molecule has 262 valence electrons. The number of carbonyl (C=O) groups excluding carboxylic acids is 2. The molecule has 1 aromatic carbocycles. The van der Waals surface area contributed by atoms with E-state index >= 15 is 0 Å². The van der Waals surface area contributed by atoms with Crippen molar-refractivity contribution in [1.29, 1.82) is 0 Å². The first kappa shape index (κ1) is 38.2. The summed E-state index contributed by atoms with van der Waals surface area (Å²) < 4.78 is 70.5. The molecule has 1 saturated heterocycles. The minimum atomic E-state index is -4.70. The Balaban J connectivity index is 0.000000694. The summed E-state index contributed by atoms with van der Waals surface area (Å²) >= 11 is 0. The zero-order chi connectivity index (χ0) is 35.8. The first-order chi connectivity index (χ1) is 22.7. The maximum absolute atomic E-state index is 13.5. The highest BCUT2D eigenvalue weighted by Crippen LogP contribution is 2.44. The topological polar surface area (TPSA) is 124 Å². The predicted octanol–water partition coefficient (Wildman–Crippen LogP) is 8.36. The molecule has 0 spiro atoms. The van der Waals surface area contributed by atoms with Crippen molar-refractivity contribution in [2.24, 2.45) is 16.6 Å². The Labute approximate surface area is 278 Å². The molecular formula is C35H44F5N5O3. The molecule has 2 heterocycles. The van der Waals surface area contributed by atoms with Gasteiger partial charge in [0, 0.05) is 47.7 Å². The van der Waals surface area contributed by atoms with Crippen LogP contribution in [0.4, 0.5) is 33.3 Å². The number of rotatable bonds is 11. The lowest BCUT2D eigenvalue weighted by Crippen LogP contribution is -2.49. The fourth-order valence-corrected chi connectivity index (χ4v) is 5.44. The quantitative estimate of drug-likeness (QED) is 0.182. The second kappa shape index (κ2) is 16.7. The molecule has 0 bridgehead atoms. The number of likely N-dealkylation sites (tertiary alicyclic amines) is 1. The van der Waals surface area contributed by atoms with Crippen molar-refractivity contribution in [3.05, 3.63) is 71.2 Å². The highest BCUT2D eigenvalue weighted by Gasteiger charge is 2.37. The van der Waals surface area contributed by atoms with E-state index in [0.717, 1.165) is 31.0 Å². The van der Waals surface area contributed by atoms with Crippen molar-refractivity contribution < 1.29 is 36.3 Å². The molecule has 2 aromatic rings. The number of amides is 1. The number of benzene rings is 1. The number of nitrogens with two attached hydrogens (primary N) is 2. The van der Waals surface area contributed by atoms with Crippen LogP contribution < -0.4 is 16.2 Å². The largest absolute Gasteiger partial charge is 0.433 e. The number of ketones is 1. The first-order valence-electron chi connectivity index (χ1n) is 16.1. The normalized spacial score (nSPS) is 19.0. The second-order valence-electron chi connectivity index (χ2n) is 11.9. The number of aromatic nitrogens is 1. The van der Waals surface area contributed by atoms with E-state index in [1.807, 2.05) is 33.8 Å². The Morgan fingerprint density at radius 1 is 1.19 bits per heavy atom. The van der Waals surface area contributed by atoms with Gasteiger partial charge >= 0.3 is 12.8 Å². The van der Waals surface area contributed by atoms with Gasteiger partial charge in [0.15, 0.2) is 11.5 Å². The fraction of sp³-hybridized carbons (Fsp3) is 0.486. The molecule has 4 N–H and O–H groups in total. The van der Waals surface area contributed by atoms with E-state index in [0.29, 0.717) is 48.2 Å². The van der Waals surface area contributed by atoms with Crippen LogP contribution >= 0.6 is 0 Å². The molecule has 13 heteroatoms. The first-order valence-corrected chi connectivity index (χ1v) is 16.1. The number of hydrogen-bond acceptors (Lipinski definition) is 7. The molecule has 1 aromatic heterocycles. The van der Waals surface area contributed by atoms with Gasteiger partial charge < -0.3 is 21.1 Å². The zero-order valence-corrected chi connectivity index (χ0v) is 27.7. The summed E-state index contributed by atoms with van der Waals surface area (Å²) in [6, 6.07) is 5.17. The SMILES string of the molecule is C=CC(=O)C(C)CC.CCC/C(N)=C1/C(=Nc2ccc(C3CC3)cc2OC(F)F)CCN(C(=O)c2cnc(C(F)(F)F)cc2N)C1CC. The third kappa shape index (κ3) is 9.63. The van der Waals surface area contributed by atoms with Crippen LogP contribution in [0.1, 0.15) is 100 Å². The maximum atomic E-state index is 13.5. The number of carbonyl (C=O) groups is 2. The van der Waals surface area contributed by atoms with Crippen LogP contribution in [0.2, 0.25) is 0 Å². The van der Waals surface area contributed by atoms with Crippen molar-refractivity contribution in [2.45, 2.75) is 97.4 Å². The summed E-state index contributed by atoms with van der Waals surface area (Å²) in [5.41, 5.74) is 13.5. The predicted molar refractivity (Wildman–Crippen MR) is 176 cm³/mol. The number of piperidine rings is 1. The molecule has 2 fully saturated rings. The van der Waals surface area contributed by atoms with Crippen molar-refractivity contribution in [3.63, 3.8) is 0 Å². The summed E-state index contributed by atoms with van der Waals surface area (Å²) in [6.07, 6.45) is 2.26. The van der Waals surface area contributed by atoms with Crippen LogP contribution in [0.5, 0.6) is 5.75 Å². The van der Waals surface area contributed by atoms with Crippen LogP contribution in [-0.2, 0) is 11.0 Å². The molecule has 1 saturated carbocycles. The lowest BCUT2D eigenvalue weighted by molar-refractivity contribution is -0.141. The molecule has 48 heavy (non-hydrogen) atoms. The van der Waals surface area contributed by atoms with Gasteiger partial charge in [0.1, 0.15) is 11.4 Å². The molecule has 1 aliphatic heterocycles. The molecular weight excluding hydrogens is 633 g/mol. The monoisotopic (exact) mass is 677 g/mol. The lowest BCUT2D eigenvalue weighted by atomic mass is 9.88. The van der Waals surface area contributed by atoms with E-state index in [9.17, 15) is 31.5 Å². The number of pyridine rings is 1. The number of aliphatic imine (C=N–C) groups is 1. The van der Waals surface area contributed by atoms with Gasteiger partial charge in [-0.3, -0.25) is 14.6 Å². The smallest absolute Gasteiger partial charge is 0.433 e. The minimum Gasteiger partial charge on any atom is -0.433 e. The number of hydrogen-bond donors (Lipinski definition) is 2. The zero-order valence-electron chi connectivity index (χ0n) is 27.7. The molecule has 0 radical (unpaired) electrons. The summed E-state index contributed by atoms with van der Waals surface area (Å²) in [5.74, 6) is 0.0145. The van der Waals surface area contributed by atoms with E-state index < -0.39 is 30.4 Å². The average molecular weight is 678 g/mol. The number of allylic oxidation sites excluding steroid dienone is 2. The molecule has 4 rings (SSSR count). The van der Waals surface area contributed by atoms with Crippen molar-refractivity contribution in [2.75, 3.05) is 12.3 Å². The van der Waals surface area contributed by atoms with Crippen molar-refractivity contribution in [1.82, 2.24) is 9.88 Å². The minimum absolute atomic E-state index is 0.0320. The van der Waals surface area contributed by atoms with Gasteiger partial charge in [-0.1, -0.05) is 46.8 Å². The molecule has 2 atom stereocenters. The lowest BCUT2D eigenvalue weighted by Gasteiger charge is -2.39. The molecule has 2 aliphatic rings. The maximum Gasteiger partial charge on any atom is 0.433 e. The van der Waals surface area contributed by atoms with Crippen LogP contribution in [0, 0.1) is 5.92 Å². The summed E-state index contributed by atoms with van der Waals surface area (Å²) in [5, 5.41) is 0. The van der Waals surface area contributed by atoms with E-state index in [4.69, 9.17) is 21.2 Å². The number of nitrogens with zero attached hydrogens (tertiary/aromatic N) is 3. The van der Waals surface area contributed by atoms with E-state index in [2.05, 4.69) is 11.6 Å². The van der Waals surface area contributed by atoms with Gasteiger partial charge in [-0.15, -0.1) is 0 Å². The van der Waals surface area contributed by atoms with Crippen LogP contribution in [0.15, 0.2) is 59.4 Å². The van der Waals surface area contributed by atoms with Crippen molar-refractivity contribution in [3.8, 4) is 5.75 Å². The van der Waals surface area contributed by atoms with Gasteiger partial charge in [-0.25, -0.2) is 4.99 Å². The summed E-state index contributed by atoms with van der Waals surface area (Å²) in [4.78, 5) is 33.8. The van der Waals surface area contributed by atoms with E-state index in [1.165, 1.54) is 11.0 Å². The van der Waals surface area contributed by atoms with Gasteiger partial charge in [0.25, 0.3) is 5.91 Å². The summed E-state index contributed by atoms with van der Waals surface area (Å²) in [6.45, 7) is 8.19. The Bertz CT molecular complexity index is 1530.